The van der Waals surface area contributed by atoms with Gasteiger partial charge in [-0.15, -0.1) is 0 Å². The van der Waals surface area contributed by atoms with E-state index in [1.165, 1.54) is 464 Å². The highest BCUT2D eigenvalue weighted by Crippen LogP contribution is 2.18. The van der Waals surface area contributed by atoms with Gasteiger partial charge in [-0.05, 0) is 64.8 Å². The molecule has 0 aliphatic carbocycles. The lowest BCUT2D eigenvalue weighted by atomic mass is 10.0. The molecule has 1 fully saturated rings. The van der Waals surface area contributed by atoms with E-state index in [1.54, 1.807) is 0 Å². The van der Waals surface area contributed by atoms with Crippen LogP contribution in [0.25, 0.3) is 0 Å². The second-order valence-corrected chi connectivity index (χ2v) is 27.6. The summed E-state index contributed by atoms with van der Waals surface area (Å²) in [6.07, 6.45) is 82.4. The molecule has 1 rings (SSSR count). The van der Waals surface area contributed by atoms with Crippen LogP contribution in [0.5, 0.6) is 0 Å². The number of rotatable bonds is 71. The molecule has 0 amide bonds. The van der Waals surface area contributed by atoms with E-state index in [4.69, 9.17) is 0 Å². The molecule has 0 saturated carbocycles. The number of piperazine rings is 1. The Morgan fingerprint density at radius 1 is 0.159 bits per heavy atom. The zero-order valence-corrected chi connectivity index (χ0v) is 58.1. The maximum atomic E-state index is 2.95. The van der Waals surface area contributed by atoms with Crippen molar-refractivity contribution in [3.05, 3.63) is 0 Å². The SMILES string of the molecule is CCCCCCCCCCCCCCCN(CCN(CCCCCCCCCCCCCC)CCCCCCCCCCCCCC)CCN1CCN(CCN(CCCCCCCCCCCC)CCCCCCCCCCCC)CC1. The minimum Gasteiger partial charge on any atom is -0.302 e. The Hall–Kier alpha value is -0.200. The molecular weight excluding hydrogens is 995 g/mol. The molecule has 1 aliphatic heterocycles. The summed E-state index contributed by atoms with van der Waals surface area (Å²) >= 11 is 0. The van der Waals surface area contributed by atoms with E-state index in [2.05, 4.69) is 59.1 Å². The molecule has 0 spiro atoms. The largest absolute Gasteiger partial charge is 0.302 e. The molecule has 0 aromatic rings. The van der Waals surface area contributed by atoms with Gasteiger partial charge in [0.2, 0.25) is 0 Å². The van der Waals surface area contributed by atoms with Gasteiger partial charge in [-0.3, -0.25) is 9.80 Å². The number of nitrogens with zero attached hydrogens (tertiary/aromatic N) is 5. The van der Waals surface area contributed by atoms with Crippen LogP contribution in [0.15, 0.2) is 0 Å². The summed E-state index contributed by atoms with van der Waals surface area (Å²) < 4.78 is 0. The van der Waals surface area contributed by atoms with Crippen molar-refractivity contribution >= 4 is 0 Å². The van der Waals surface area contributed by atoms with Gasteiger partial charge in [0.1, 0.15) is 0 Å². The summed E-state index contributed by atoms with van der Waals surface area (Å²) in [5, 5.41) is 0. The molecule has 0 atom stereocenters. The van der Waals surface area contributed by atoms with Crippen LogP contribution in [0.1, 0.15) is 401 Å². The lowest BCUT2D eigenvalue weighted by molar-refractivity contribution is 0.104. The first-order valence-electron chi connectivity index (χ1n) is 39.3. The minimum absolute atomic E-state index is 1.27. The minimum atomic E-state index is 1.27. The van der Waals surface area contributed by atoms with E-state index < -0.39 is 0 Å². The fraction of sp³-hybridized carbons (Fsp3) is 1.00. The topological polar surface area (TPSA) is 16.2 Å². The van der Waals surface area contributed by atoms with E-state index in [0.717, 1.165) is 0 Å². The summed E-state index contributed by atoms with van der Waals surface area (Å²) in [7, 11) is 0. The summed E-state index contributed by atoms with van der Waals surface area (Å²) in [5.74, 6) is 0. The van der Waals surface area contributed by atoms with Gasteiger partial charge in [0.25, 0.3) is 0 Å². The zero-order chi connectivity index (χ0) is 58.8. The quantitative estimate of drug-likeness (QED) is 0.0563. The van der Waals surface area contributed by atoms with Crippen LogP contribution in [-0.2, 0) is 0 Å². The predicted octanol–water partition coefficient (Wildman–Crippen LogP) is 23.8. The maximum absolute atomic E-state index is 2.95. The van der Waals surface area contributed by atoms with Gasteiger partial charge in [0.05, 0.1) is 0 Å². The van der Waals surface area contributed by atoms with Crippen molar-refractivity contribution in [1.82, 2.24) is 24.5 Å². The smallest absolute Gasteiger partial charge is 0.0110 e. The molecule has 0 aromatic heterocycles. The van der Waals surface area contributed by atoms with Crippen molar-refractivity contribution in [1.29, 1.82) is 0 Å². The fourth-order valence-corrected chi connectivity index (χ4v) is 13.4. The van der Waals surface area contributed by atoms with E-state index in [-0.39, 0.29) is 0 Å². The molecule has 0 N–H and O–H groups in total. The first-order valence-corrected chi connectivity index (χ1v) is 39.3. The van der Waals surface area contributed by atoms with Crippen molar-refractivity contribution in [2.45, 2.75) is 401 Å². The van der Waals surface area contributed by atoms with Crippen molar-refractivity contribution in [3.8, 4) is 0 Å². The van der Waals surface area contributed by atoms with Crippen molar-refractivity contribution in [2.75, 3.05) is 98.2 Å². The van der Waals surface area contributed by atoms with Gasteiger partial charge in [0.15, 0.2) is 0 Å². The van der Waals surface area contributed by atoms with Crippen molar-refractivity contribution < 1.29 is 0 Å². The number of hydrogen-bond donors (Lipinski definition) is 0. The lowest BCUT2D eigenvalue weighted by Crippen LogP contribution is -2.50. The third-order valence-electron chi connectivity index (χ3n) is 19.6. The number of hydrogen-bond acceptors (Lipinski definition) is 5. The molecular formula is C77H159N5. The van der Waals surface area contributed by atoms with Gasteiger partial charge < -0.3 is 14.7 Å². The normalized spacial score (nSPS) is 13.6. The summed E-state index contributed by atoms with van der Waals surface area (Å²) in [6, 6.07) is 0. The van der Waals surface area contributed by atoms with Gasteiger partial charge in [-0.1, -0.05) is 369 Å². The standard InChI is InChI=1S/C77H159N5/c1-6-11-16-21-26-31-36-39-42-47-52-57-62-67-80(70-68-78(63-58-55-50-45-40-37-32-27-22-17-12-7-2)64-59-56-51-46-41-38-33-28-23-18-13-8-3)71-73-82-76-74-81(75-77-82)72-69-79(65-60-53-48-43-34-29-24-19-14-9-4)66-61-54-49-44-35-30-25-20-15-10-5/h6-77H2,1-5H3. The maximum Gasteiger partial charge on any atom is 0.0110 e. The Kier molecular flexibility index (Phi) is 66.5. The van der Waals surface area contributed by atoms with Gasteiger partial charge in [-0.2, -0.15) is 0 Å². The molecule has 0 bridgehead atoms. The third kappa shape index (κ3) is 58.8. The van der Waals surface area contributed by atoms with Crippen molar-refractivity contribution in [2.24, 2.45) is 0 Å². The number of unbranched alkanes of at least 4 members (excludes halogenated alkanes) is 52. The Morgan fingerprint density at radius 3 is 0.463 bits per heavy atom. The van der Waals surface area contributed by atoms with Gasteiger partial charge >= 0.3 is 0 Å². The predicted molar refractivity (Wildman–Crippen MR) is 374 cm³/mol. The monoisotopic (exact) mass is 1150 g/mol. The summed E-state index contributed by atoms with van der Waals surface area (Å²) in [4.78, 5) is 14.5. The second-order valence-electron chi connectivity index (χ2n) is 27.6. The Bertz CT molecular complexity index is 1090. The van der Waals surface area contributed by atoms with Crippen LogP contribution < -0.4 is 0 Å². The first-order chi connectivity index (χ1) is 40.7. The molecule has 0 aromatic carbocycles. The lowest BCUT2D eigenvalue weighted by Gasteiger charge is -2.37. The molecule has 1 heterocycles. The van der Waals surface area contributed by atoms with E-state index in [9.17, 15) is 0 Å². The third-order valence-corrected chi connectivity index (χ3v) is 19.6. The molecule has 492 valence electrons. The second kappa shape index (κ2) is 68.3. The zero-order valence-electron chi connectivity index (χ0n) is 58.1. The van der Waals surface area contributed by atoms with Crippen molar-refractivity contribution in [3.63, 3.8) is 0 Å². The summed E-state index contributed by atoms with van der Waals surface area (Å²) in [6.45, 7) is 31.1. The molecule has 5 nitrogen and oxygen atoms in total. The Morgan fingerprint density at radius 2 is 0.293 bits per heavy atom. The van der Waals surface area contributed by atoms with Crippen LogP contribution in [-0.4, -0.2) is 123 Å². The molecule has 82 heavy (non-hydrogen) atoms. The van der Waals surface area contributed by atoms with Crippen LogP contribution >= 0.6 is 0 Å². The van der Waals surface area contributed by atoms with Crippen LogP contribution in [0.2, 0.25) is 0 Å². The van der Waals surface area contributed by atoms with Crippen LogP contribution in [0.3, 0.4) is 0 Å². The average molecular weight is 1160 g/mol. The molecule has 1 aliphatic rings. The highest BCUT2D eigenvalue weighted by Gasteiger charge is 2.19. The molecule has 0 unspecified atom stereocenters. The van der Waals surface area contributed by atoms with Crippen LogP contribution in [0, 0.1) is 0 Å². The summed E-state index contributed by atoms with van der Waals surface area (Å²) in [5.41, 5.74) is 0. The molecule has 1 saturated heterocycles. The fourth-order valence-electron chi connectivity index (χ4n) is 13.4. The van der Waals surface area contributed by atoms with Gasteiger partial charge in [-0.25, -0.2) is 0 Å². The van der Waals surface area contributed by atoms with E-state index in [0.29, 0.717) is 0 Å². The molecule has 5 heteroatoms. The Labute approximate surface area is 520 Å². The first kappa shape index (κ1) is 79.8. The average Bonchev–Trinajstić information content (AvgIpc) is 3.49. The highest BCUT2D eigenvalue weighted by atomic mass is 15.3. The van der Waals surface area contributed by atoms with Crippen LogP contribution in [0.4, 0.5) is 0 Å². The Balaban J connectivity index is 2.76. The highest BCUT2D eigenvalue weighted by molar-refractivity contribution is 4.76. The van der Waals surface area contributed by atoms with E-state index >= 15 is 0 Å². The van der Waals surface area contributed by atoms with Gasteiger partial charge in [0, 0.05) is 65.4 Å². The van der Waals surface area contributed by atoms with E-state index in [1.807, 2.05) is 0 Å². The molecule has 0 radical (unpaired) electrons.